The Bertz CT molecular complexity index is 420. The number of hydrogen-bond acceptors (Lipinski definition) is 2. The summed E-state index contributed by atoms with van der Waals surface area (Å²) in [6.07, 6.45) is 2.08. The summed E-state index contributed by atoms with van der Waals surface area (Å²) in [7, 11) is 0. The van der Waals surface area contributed by atoms with E-state index >= 15 is 0 Å². The maximum absolute atomic E-state index is 13.6. The number of benzene rings is 1. The largest absolute Gasteiger partial charge is 0.397 e. The number of nitrogen functional groups attached to an aromatic ring is 1. The molecule has 94 valence electrons. The fraction of sp³-hybridized carbons (Fsp3) is 0.538. The van der Waals surface area contributed by atoms with Gasteiger partial charge in [0.25, 0.3) is 0 Å². The van der Waals surface area contributed by atoms with E-state index in [1.807, 2.05) is 0 Å². The van der Waals surface area contributed by atoms with Crippen molar-refractivity contribution in [2.75, 3.05) is 11.1 Å². The van der Waals surface area contributed by atoms with Crippen LogP contribution in [0.5, 0.6) is 0 Å². The molecule has 0 aromatic heterocycles. The van der Waals surface area contributed by atoms with Gasteiger partial charge in [0.2, 0.25) is 0 Å². The van der Waals surface area contributed by atoms with Crippen molar-refractivity contribution in [3.8, 4) is 0 Å². The van der Waals surface area contributed by atoms with Gasteiger partial charge < -0.3 is 11.1 Å². The molecule has 1 saturated carbocycles. The molecule has 2 nitrogen and oxygen atoms in total. The zero-order valence-electron chi connectivity index (χ0n) is 10.1. The molecular formula is C13H18F2N2. The molecule has 0 amide bonds. The highest BCUT2D eigenvalue weighted by atomic mass is 19.2. The Kier molecular flexibility index (Phi) is 3.22. The normalized spacial score (nSPS) is 28.4. The van der Waals surface area contributed by atoms with E-state index in [-0.39, 0.29) is 17.4 Å². The lowest BCUT2D eigenvalue weighted by atomic mass is 9.97. The van der Waals surface area contributed by atoms with Crippen LogP contribution in [0.2, 0.25) is 0 Å². The standard InChI is InChI=1S/C13H18F2N2/c1-7-3-6-11(8(7)2)17-13-10(16)5-4-9(14)12(13)15/h4-5,7-8,11,17H,3,6,16H2,1-2H3. The minimum atomic E-state index is -0.878. The number of rotatable bonds is 2. The predicted octanol–water partition coefficient (Wildman–Crippen LogP) is 3.39. The number of nitrogens with one attached hydrogen (secondary N) is 1. The lowest BCUT2D eigenvalue weighted by Gasteiger charge is -2.22. The van der Waals surface area contributed by atoms with Crippen molar-refractivity contribution in [2.24, 2.45) is 11.8 Å². The lowest BCUT2D eigenvalue weighted by molar-refractivity contribution is 0.433. The number of halogens is 2. The fourth-order valence-corrected chi connectivity index (χ4v) is 2.47. The van der Waals surface area contributed by atoms with E-state index in [4.69, 9.17) is 5.73 Å². The van der Waals surface area contributed by atoms with Crippen LogP contribution in [0.3, 0.4) is 0 Å². The molecule has 0 radical (unpaired) electrons. The van der Waals surface area contributed by atoms with Crippen LogP contribution in [0.1, 0.15) is 26.7 Å². The van der Waals surface area contributed by atoms with Gasteiger partial charge >= 0.3 is 0 Å². The Labute approximate surface area is 100 Å². The van der Waals surface area contributed by atoms with Crippen LogP contribution in [0.15, 0.2) is 12.1 Å². The molecule has 0 bridgehead atoms. The molecule has 17 heavy (non-hydrogen) atoms. The summed E-state index contributed by atoms with van der Waals surface area (Å²) in [5.41, 5.74) is 6.05. The number of nitrogens with two attached hydrogens (primary N) is 1. The highest BCUT2D eigenvalue weighted by Gasteiger charge is 2.30. The molecule has 3 N–H and O–H groups in total. The van der Waals surface area contributed by atoms with Crippen LogP contribution < -0.4 is 11.1 Å². The maximum Gasteiger partial charge on any atom is 0.183 e. The van der Waals surface area contributed by atoms with Crippen LogP contribution in [0.4, 0.5) is 20.2 Å². The molecule has 1 aliphatic carbocycles. The van der Waals surface area contributed by atoms with Gasteiger partial charge in [-0.1, -0.05) is 13.8 Å². The molecular weight excluding hydrogens is 222 g/mol. The number of anilines is 2. The molecule has 1 aromatic rings. The summed E-state index contributed by atoms with van der Waals surface area (Å²) in [4.78, 5) is 0. The topological polar surface area (TPSA) is 38.0 Å². The first kappa shape index (κ1) is 12.1. The monoisotopic (exact) mass is 240 g/mol. The quantitative estimate of drug-likeness (QED) is 0.777. The van der Waals surface area contributed by atoms with Gasteiger partial charge in [-0.25, -0.2) is 8.78 Å². The molecule has 2 rings (SSSR count). The Morgan fingerprint density at radius 2 is 1.94 bits per heavy atom. The van der Waals surface area contributed by atoms with Gasteiger partial charge in [0.05, 0.1) is 11.4 Å². The Morgan fingerprint density at radius 3 is 2.53 bits per heavy atom. The van der Waals surface area contributed by atoms with E-state index in [0.717, 1.165) is 18.9 Å². The second kappa shape index (κ2) is 4.51. The lowest BCUT2D eigenvalue weighted by Crippen LogP contribution is -2.25. The minimum Gasteiger partial charge on any atom is -0.397 e. The second-order valence-electron chi connectivity index (χ2n) is 4.99. The van der Waals surface area contributed by atoms with Crippen molar-refractivity contribution in [3.63, 3.8) is 0 Å². The van der Waals surface area contributed by atoms with Crippen LogP contribution in [-0.4, -0.2) is 6.04 Å². The van der Waals surface area contributed by atoms with E-state index in [0.29, 0.717) is 11.8 Å². The minimum absolute atomic E-state index is 0.107. The van der Waals surface area contributed by atoms with Crippen LogP contribution in [-0.2, 0) is 0 Å². The third-order valence-electron chi connectivity index (χ3n) is 3.92. The van der Waals surface area contributed by atoms with E-state index in [9.17, 15) is 8.78 Å². The van der Waals surface area contributed by atoms with Gasteiger partial charge in [-0.05, 0) is 36.8 Å². The van der Waals surface area contributed by atoms with E-state index in [2.05, 4.69) is 19.2 Å². The summed E-state index contributed by atoms with van der Waals surface area (Å²) in [5.74, 6) is -0.695. The first-order valence-corrected chi connectivity index (χ1v) is 6.00. The average Bonchev–Trinajstić information content (AvgIpc) is 2.61. The Hall–Kier alpha value is -1.32. The second-order valence-corrected chi connectivity index (χ2v) is 4.99. The van der Waals surface area contributed by atoms with Gasteiger partial charge in [-0.15, -0.1) is 0 Å². The van der Waals surface area contributed by atoms with E-state index < -0.39 is 11.6 Å². The van der Waals surface area contributed by atoms with Gasteiger partial charge in [-0.3, -0.25) is 0 Å². The van der Waals surface area contributed by atoms with Crippen molar-refractivity contribution in [1.29, 1.82) is 0 Å². The van der Waals surface area contributed by atoms with Crippen LogP contribution in [0, 0.1) is 23.5 Å². The molecule has 3 atom stereocenters. The first-order valence-electron chi connectivity index (χ1n) is 6.00. The average molecular weight is 240 g/mol. The maximum atomic E-state index is 13.6. The molecule has 0 heterocycles. The Balaban J connectivity index is 2.22. The molecule has 1 fully saturated rings. The summed E-state index contributed by atoms with van der Waals surface area (Å²) in [5, 5.41) is 3.06. The summed E-state index contributed by atoms with van der Waals surface area (Å²) in [6.45, 7) is 4.31. The molecule has 1 aliphatic rings. The molecule has 4 heteroatoms. The molecule has 3 unspecified atom stereocenters. The van der Waals surface area contributed by atoms with Gasteiger partial charge in [0.15, 0.2) is 11.6 Å². The van der Waals surface area contributed by atoms with Gasteiger partial charge in [0.1, 0.15) is 0 Å². The highest BCUT2D eigenvalue weighted by Crippen LogP contribution is 2.35. The zero-order valence-corrected chi connectivity index (χ0v) is 10.1. The molecule has 1 aromatic carbocycles. The molecule has 0 spiro atoms. The van der Waals surface area contributed by atoms with E-state index in [1.54, 1.807) is 0 Å². The van der Waals surface area contributed by atoms with Crippen molar-refractivity contribution in [1.82, 2.24) is 0 Å². The fourth-order valence-electron chi connectivity index (χ4n) is 2.47. The highest BCUT2D eigenvalue weighted by molar-refractivity contribution is 5.67. The van der Waals surface area contributed by atoms with Crippen molar-refractivity contribution in [2.45, 2.75) is 32.7 Å². The van der Waals surface area contributed by atoms with Crippen molar-refractivity contribution in [3.05, 3.63) is 23.8 Å². The third kappa shape index (κ3) is 2.21. The zero-order chi connectivity index (χ0) is 12.6. The van der Waals surface area contributed by atoms with Crippen LogP contribution in [0.25, 0.3) is 0 Å². The van der Waals surface area contributed by atoms with Crippen LogP contribution >= 0.6 is 0 Å². The molecule has 0 saturated heterocycles. The van der Waals surface area contributed by atoms with Gasteiger partial charge in [0, 0.05) is 6.04 Å². The van der Waals surface area contributed by atoms with E-state index in [1.165, 1.54) is 6.07 Å². The first-order chi connectivity index (χ1) is 8.00. The smallest absolute Gasteiger partial charge is 0.183 e. The SMILES string of the molecule is CC1CCC(Nc2c(N)ccc(F)c2F)C1C. The number of hydrogen-bond donors (Lipinski definition) is 2. The summed E-state index contributed by atoms with van der Waals surface area (Å²) in [6, 6.07) is 2.61. The summed E-state index contributed by atoms with van der Waals surface area (Å²) < 4.78 is 26.8. The van der Waals surface area contributed by atoms with Crippen molar-refractivity contribution < 1.29 is 8.78 Å². The predicted molar refractivity (Wildman–Crippen MR) is 65.7 cm³/mol. The summed E-state index contributed by atoms with van der Waals surface area (Å²) >= 11 is 0. The Morgan fingerprint density at radius 1 is 1.24 bits per heavy atom. The molecule has 0 aliphatic heterocycles. The van der Waals surface area contributed by atoms with Gasteiger partial charge in [-0.2, -0.15) is 0 Å². The third-order valence-corrected chi connectivity index (χ3v) is 3.92. The van der Waals surface area contributed by atoms with Crippen molar-refractivity contribution >= 4 is 11.4 Å².